The van der Waals surface area contributed by atoms with Crippen LogP contribution in [0.3, 0.4) is 0 Å². The summed E-state index contributed by atoms with van der Waals surface area (Å²) in [4.78, 5) is 13.4. The topological polar surface area (TPSA) is 90.1 Å². The van der Waals surface area contributed by atoms with Crippen molar-refractivity contribution in [3.63, 3.8) is 0 Å². The Morgan fingerprint density at radius 1 is 0.935 bits per heavy atom. The smallest absolute Gasteiger partial charge is 0.255 e. The average molecular weight is 444 g/mol. The van der Waals surface area contributed by atoms with Crippen LogP contribution in [0, 0.1) is 0 Å². The lowest BCUT2D eigenvalue weighted by molar-refractivity contribution is -0.113. The normalized spacial score (nSPS) is 15.5. The van der Waals surface area contributed by atoms with E-state index in [1.165, 1.54) is 7.11 Å². The van der Waals surface area contributed by atoms with E-state index in [1.54, 1.807) is 52.5 Å². The Kier molecular flexibility index (Phi) is 6.86. The van der Waals surface area contributed by atoms with Crippen LogP contribution in [0.15, 0.2) is 47.7 Å². The summed E-state index contributed by atoms with van der Waals surface area (Å²) in [5.74, 6) is 2.01. The van der Waals surface area contributed by atoms with Crippen LogP contribution >= 0.6 is 12.2 Å². The molecule has 1 atom stereocenters. The summed E-state index contributed by atoms with van der Waals surface area (Å²) in [6, 6.07) is 10.1. The molecule has 0 fully saturated rings. The van der Waals surface area contributed by atoms with Crippen LogP contribution in [-0.4, -0.2) is 39.5 Å². The third-order valence-electron chi connectivity index (χ3n) is 4.92. The molecule has 8 nitrogen and oxygen atoms in total. The first kappa shape index (κ1) is 22.2. The van der Waals surface area contributed by atoms with Crippen molar-refractivity contribution in [2.24, 2.45) is 0 Å². The van der Waals surface area contributed by atoms with Gasteiger partial charge in [-0.15, -0.1) is 0 Å². The van der Waals surface area contributed by atoms with Crippen LogP contribution in [0.1, 0.15) is 18.5 Å². The maximum absolute atomic E-state index is 13.4. The first-order valence-corrected chi connectivity index (χ1v) is 9.86. The van der Waals surface area contributed by atoms with E-state index in [4.69, 9.17) is 31.2 Å². The zero-order chi connectivity index (χ0) is 22.5. The van der Waals surface area contributed by atoms with Gasteiger partial charge in [0.15, 0.2) is 5.11 Å². The molecule has 0 spiro atoms. The number of hydrogen-bond donors (Lipinski definition) is 3. The molecule has 3 N–H and O–H groups in total. The van der Waals surface area contributed by atoms with Crippen LogP contribution < -0.4 is 34.9 Å². The van der Waals surface area contributed by atoms with Crippen LogP contribution in [0.4, 0.5) is 5.69 Å². The highest BCUT2D eigenvalue weighted by molar-refractivity contribution is 7.80. The number of rotatable bonds is 7. The molecule has 9 heteroatoms. The Balaban J connectivity index is 2.00. The quantitative estimate of drug-likeness (QED) is 0.563. The van der Waals surface area contributed by atoms with Gasteiger partial charge in [0.05, 0.1) is 45.7 Å². The standard InChI is InChI=1S/C22H25N3O5S/c1-12-19(21(26)24-16-9-7-14(28-3)11-18(16)30-5)20(25-22(31)23-12)15-8-6-13(27-2)10-17(15)29-4/h6-11,20H,1-5H3,(H,24,26)(H2,23,25,31)/t20-/m0/s1. The number of anilines is 1. The Morgan fingerprint density at radius 3 is 2.16 bits per heavy atom. The molecule has 1 heterocycles. The van der Waals surface area contributed by atoms with Crippen molar-refractivity contribution in [1.82, 2.24) is 10.6 Å². The van der Waals surface area contributed by atoms with Crippen molar-refractivity contribution in [2.45, 2.75) is 13.0 Å². The van der Waals surface area contributed by atoms with E-state index in [1.807, 2.05) is 12.1 Å². The number of benzene rings is 2. The van der Waals surface area contributed by atoms with Crippen molar-refractivity contribution < 1.29 is 23.7 Å². The molecule has 1 aliphatic heterocycles. The van der Waals surface area contributed by atoms with Crippen molar-refractivity contribution in [2.75, 3.05) is 33.8 Å². The maximum Gasteiger partial charge on any atom is 0.255 e. The van der Waals surface area contributed by atoms with Gasteiger partial charge in [-0.05, 0) is 43.4 Å². The second-order valence-electron chi connectivity index (χ2n) is 6.70. The molecule has 0 aliphatic carbocycles. The monoisotopic (exact) mass is 443 g/mol. The Morgan fingerprint density at radius 2 is 1.55 bits per heavy atom. The molecule has 1 amide bonds. The Labute approximate surface area is 186 Å². The van der Waals surface area contributed by atoms with E-state index in [0.717, 1.165) is 5.56 Å². The van der Waals surface area contributed by atoms with E-state index >= 15 is 0 Å². The molecule has 0 bridgehead atoms. The van der Waals surface area contributed by atoms with Crippen LogP contribution in [0.5, 0.6) is 23.0 Å². The van der Waals surface area contributed by atoms with Gasteiger partial charge in [0.2, 0.25) is 0 Å². The molecule has 31 heavy (non-hydrogen) atoms. The fourth-order valence-electron chi connectivity index (χ4n) is 3.38. The first-order valence-electron chi connectivity index (χ1n) is 9.45. The summed E-state index contributed by atoms with van der Waals surface area (Å²) in [6.07, 6.45) is 0. The number of nitrogens with one attached hydrogen (secondary N) is 3. The summed E-state index contributed by atoms with van der Waals surface area (Å²) >= 11 is 5.34. The zero-order valence-corrected chi connectivity index (χ0v) is 18.8. The fraction of sp³-hybridized carbons (Fsp3) is 0.273. The lowest BCUT2D eigenvalue weighted by Gasteiger charge is -2.31. The summed E-state index contributed by atoms with van der Waals surface area (Å²) in [6.45, 7) is 1.80. The van der Waals surface area contributed by atoms with E-state index in [2.05, 4.69) is 16.0 Å². The van der Waals surface area contributed by atoms with Crippen molar-refractivity contribution in [3.8, 4) is 23.0 Å². The molecule has 3 rings (SSSR count). The summed E-state index contributed by atoms with van der Waals surface area (Å²) in [5, 5.41) is 9.53. The molecule has 0 saturated carbocycles. The van der Waals surface area contributed by atoms with Gasteiger partial charge in [-0.1, -0.05) is 0 Å². The molecule has 0 saturated heterocycles. The zero-order valence-electron chi connectivity index (χ0n) is 18.0. The van der Waals surface area contributed by atoms with Crippen molar-refractivity contribution in [1.29, 1.82) is 0 Å². The first-order chi connectivity index (χ1) is 14.9. The largest absolute Gasteiger partial charge is 0.497 e. The number of methoxy groups -OCH3 is 4. The summed E-state index contributed by atoms with van der Waals surface area (Å²) < 4.78 is 21.5. The molecule has 2 aromatic carbocycles. The highest BCUT2D eigenvalue weighted by atomic mass is 32.1. The van der Waals surface area contributed by atoms with Gasteiger partial charge in [0.1, 0.15) is 23.0 Å². The minimum atomic E-state index is -0.529. The lowest BCUT2D eigenvalue weighted by atomic mass is 9.94. The number of amides is 1. The SMILES string of the molecule is COc1ccc(NC(=O)C2=C(C)NC(=S)N[C@H]2c2ccc(OC)cc2OC)c(OC)c1. The van der Waals surface area contributed by atoms with Crippen molar-refractivity contribution in [3.05, 3.63) is 53.2 Å². The third kappa shape index (κ3) is 4.66. The average Bonchev–Trinajstić information content (AvgIpc) is 2.78. The Bertz CT molecular complexity index is 1040. The van der Waals surface area contributed by atoms with Gasteiger partial charge in [0, 0.05) is 23.4 Å². The predicted octanol–water partition coefficient (Wildman–Crippen LogP) is 3.15. The fourth-order valence-corrected chi connectivity index (χ4v) is 3.65. The molecule has 0 radical (unpaired) electrons. The third-order valence-corrected chi connectivity index (χ3v) is 5.14. The van der Waals surface area contributed by atoms with Crippen LogP contribution in [-0.2, 0) is 4.79 Å². The van der Waals surface area contributed by atoms with E-state index in [-0.39, 0.29) is 5.91 Å². The molecule has 1 aliphatic rings. The van der Waals surface area contributed by atoms with Crippen LogP contribution in [0.25, 0.3) is 0 Å². The van der Waals surface area contributed by atoms with E-state index < -0.39 is 6.04 Å². The summed E-state index contributed by atoms with van der Waals surface area (Å²) in [7, 11) is 6.24. The number of allylic oxidation sites excluding steroid dienone is 1. The van der Waals surface area contributed by atoms with Gasteiger partial charge in [0.25, 0.3) is 5.91 Å². The number of hydrogen-bond acceptors (Lipinski definition) is 6. The molecule has 0 unspecified atom stereocenters. The van der Waals surface area contributed by atoms with Gasteiger partial charge in [-0.25, -0.2) is 0 Å². The van der Waals surface area contributed by atoms with Crippen molar-refractivity contribution >= 4 is 28.9 Å². The second kappa shape index (κ2) is 9.57. The summed E-state index contributed by atoms with van der Waals surface area (Å²) in [5.41, 5.74) is 2.37. The molecule has 2 aromatic rings. The molecular weight excluding hydrogens is 418 g/mol. The molecule has 164 valence electrons. The second-order valence-corrected chi connectivity index (χ2v) is 7.11. The van der Waals surface area contributed by atoms with E-state index in [0.29, 0.717) is 45.1 Å². The molecule has 0 aromatic heterocycles. The van der Waals surface area contributed by atoms with Crippen LogP contribution in [0.2, 0.25) is 0 Å². The lowest BCUT2D eigenvalue weighted by Crippen LogP contribution is -2.45. The molecular formula is C22H25N3O5S. The Hall–Kier alpha value is -3.46. The van der Waals surface area contributed by atoms with Gasteiger partial charge in [-0.2, -0.15) is 0 Å². The van der Waals surface area contributed by atoms with Gasteiger partial charge >= 0.3 is 0 Å². The highest BCUT2D eigenvalue weighted by Crippen LogP contribution is 2.36. The maximum atomic E-state index is 13.4. The minimum absolute atomic E-state index is 0.314. The predicted molar refractivity (Wildman–Crippen MR) is 122 cm³/mol. The number of thiocarbonyl (C=S) groups is 1. The highest BCUT2D eigenvalue weighted by Gasteiger charge is 2.32. The number of ether oxygens (including phenoxy) is 4. The van der Waals surface area contributed by atoms with E-state index in [9.17, 15) is 4.79 Å². The van der Waals surface area contributed by atoms with Gasteiger partial charge in [-0.3, -0.25) is 4.79 Å². The van der Waals surface area contributed by atoms with Gasteiger partial charge < -0.3 is 34.9 Å². The minimum Gasteiger partial charge on any atom is -0.497 e. The number of carbonyl (C=O) groups is 1. The number of carbonyl (C=O) groups excluding carboxylic acids is 1.